The summed E-state index contributed by atoms with van der Waals surface area (Å²) in [5, 5.41) is 2.46. The maximum absolute atomic E-state index is 13.2. The Hall–Kier alpha value is -3.95. The largest absolute Gasteiger partial charge is 0.495 e. The first kappa shape index (κ1) is 29.0. The highest BCUT2D eigenvalue weighted by Gasteiger charge is 2.36. The van der Waals surface area contributed by atoms with Gasteiger partial charge in [0.05, 0.1) is 17.0 Å². The van der Waals surface area contributed by atoms with E-state index < -0.39 is 23.6 Å². The number of amides is 3. The molecule has 8 nitrogen and oxygen atoms in total. The molecule has 0 unspecified atom stereocenters. The first-order valence-corrected chi connectivity index (χ1v) is 14.0. The zero-order valence-corrected chi connectivity index (χ0v) is 24.1. The van der Waals surface area contributed by atoms with Crippen LogP contribution in [0, 0.1) is 0 Å². The minimum Gasteiger partial charge on any atom is -0.495 e. The Morgan fingerprint density at radius 3 is 2.45 bits per heavy atom. The van der Waals surface area contributed by atoms with Crippen molar-refractivity contribution in [3.8, 4) is 11.5 Å². The molecule has 1 heterocycles. The molecule has 1 fully saturated rings. The summed E-state index contributed by atoms with van der Waals surface area (Å²) in [6.45, 7) is 5.74. The Morgan fingerprint density at radius 1 is 1.02 bits per heavy atom. The molecule has 0 spiro atoms. The lowest BCUT2D eigenvalue weighted by Crippen LogP contribution is -2.36. The zero-order chi connectivity index (χ0) is 28.6. The summed E-state index contributed by atoms with van der Waals surface area (Å²) in [6.07, 6.45) is 1.64. The van der Waals surface area contributed by atoms with Crippen LogP contribution in [-0.4, -0.2) is 48.7 Å². The number of ether oxygens (including phenoxy) is 2. The maximum Gasteiger partial charge on any atom is 0.294 e. The van der Waals surface area contributed by atoms with Gasteiger partial charge in [-0.05, 0) is 67.6 Å². The van der Waals surface area contributed by atoms with Gasteiger partial charge in [-0.1, -0.05) is 41.9 Å². The topological polar surface area (TPSA) is 88.2 Å². The number of carbonyl (C=O) groups is 3. The van der Waals surface area contributed by atoms with Gasteiger partial charge in [-0.25, -0.2) is 0 Å². The number of nitrogens with zero attached hydrogens (tertiary/aromatic N) is 2. The first-order valence-electron chi connectivity index (χ1n) is 12.8. The highest BCUT2D eigenvalue weighted by atomic mass is 35.5. The van der Waals surface area contributed by atoms with Gasteiger partial charge in [-0.3, -0.25) is 19.3 Å². The highest BCUT2D eigenvalue weighted by molar-refractivity contribution is 8.18. The Morgan fingerprint density at radius 2 is 1.77 bits per heavy atom. The van der Waals surface area contributed by atoms with Gasteiger partial charge in [0.25, 0.3) is 11.1 Å². The minimum atomic E-state index is -0.542. The second kappa shape index (κ2) is 13.4. The van der Waals surface area contributed by atoms with Crippen LogP contribution in [0.1, 0.15) is 25.0 Å². The molecule has 3 aromatic rings. The van der Waals surface area contributed by atoms with Crippen LogP contribution in [-0.2, 0) is 16.2 Å². The van der Waals surface area contributed by atoms with Crippen molar-refractivity contribution in [2.24, 2.45) is 0 Å². The standard InChI is InChI=1S/C30H30ClN3O5S/c1-4-33(5-2)23-13-11-21(26(17-23)39-19-20-9-7-6-8-10-20)15-27-29(36)34(30(37)40-27)18-28(35)32-22-12-14-25(38-3)24(31)16-22/h6-17H,4-5,18-19H2,1-3H3,(H,32,35)/b27-15+. The second-order valence-corrected chi connectivity index (χ2v) is 10.2. The number of carbonyl (C=O) groups excluding carboxylic acids is 3. The third-order valence-corrected chi connectivity index (χ3v) is 7.46. The highest BCUT2D eigenvalue weighted by Crippen LogP contribution is 2.36. The normalized spacial score (nSPS) is 14.0. The molecule has 0 aromatic heterocycles. The number of rotatable bonds is 11. The molecule has 208 valence electrons. The quantitative estimate of drug-likeness (QED) is 0.261. The van der Waals surface area contributed by atoms with E-state index in [4.69, 9.17) is 21.1 Å². The average Bonchev–Trinajstić information content (AvgIpc) is 3.21. The van der Waals surface area contributed by atoms with E-state index in [1.165, 1.54) is 13.2 Å². The number of halogens is 1. The Kier molecular flexibility index (Phi) is 9.74. The van der Waals surface area contributed by atoms with Crippen LogP contribution in [0.15, 0.2) is 71.6 Å². The van der Waals surface area contributed by atoms with Crippen molar-refractivity contribution in [3.05, 3.63) is 87.8 Å². The molecule has 3 amide bonds. The first-order chi connectivity index (χ1) is 19.3. The predicted molar refractivity (Wildman–Crippen MR) is 160 cm³/mol. The SMILES string of the molecule is CCN(CC)c1ccc(/C=C2/SC(=O)N(CC(=O)Nc3ccc(OC)c(Cl)c3)C2=O)c(OCc2ccccc2)c1. The summed E-state index contributed by atoms with van der Waals surface area (Å²) in [6, 6.07) is 20.3. The van der Waals surface area contributed by atoms with E-state index >= 15 is 0 Å². The van der Waals surface area contributed by atoms with Crippen molar-refractivity contribution in [3.63, 3.8) is 0 Å². The molecule has 1 aliphatic rings. The summed E-state index contributed by atoms with van der Waals surface area (Å²) in [5.41, 5.74) is 3.08. The fraction of sp³-hybridized carbons (Fsp3) is 0.233. The van der Waals surface area contributed by atoms with Crippen molar-refractivity contribution in [1.82, 2.24) is 4.90 Å². The van der Waals surface area contributed by atoms with Crippen LogP contribution in [0.3, 0.4) is 0 Å². The molecule has 1 N–H and O–H groups in total. The monoisotopic (exact) mass is 579 g/mol. The van der Waals surface area contributed by atoms with Crippen molar-refractivity contribution < 1.29 is 23.9 Å². The number of benzene rings is 3. The van der Waals surface area contributed by atoms with Crippen LogP contribution in [0.4, 0.5) is 16.2 Å². The van der Waals surface area contributed by atoms with Crippen molar-refractivity contribution >= 4 is 57.9 Å². The van der Waals surface area contributed by atoms with E-state index in [-0.39, 0.29) is 4.91 Å². The number of nitrogens with one attached hydrogen (secondary N) is 1. The van der Waals surface area contributed by atoms with Gasteiger partial charge in [0.1, 0.15) is 24.7 Å². The lowest BCUT2D eigenvalue weighted by Gasteiger charge is -2.22. The number of imide groups is 1. The maximum atomic E-state index is 13.2. The van der Waals surface area contributed by atoms with E-state index in [0.717, 1.165) is 41.0 Å². The van der Waals surface area contributed by atoms with E-state index in [2.05, 4.69) is 24.1 Å². The number of hydrogen-bond acceptors (Lipinski definition) is 7. The van der Waals surface area contributed by atoms with Gasteiger partial charge in [-0.15, -0.1) is 0 Å². The zero-order valence-electron chi connectivity index (χ0n) is 22.5. The summed E-state index contributed by atoms with van der Waals surface area (Å²) >= 11 is 6.91. The van der Waals surface area contributed by atoms with Gasteiger partial charge in [0, 0.05) is 36.1 Å². The molecule has 10 heteroatoms. The van der Waals surface area contributed by atoms with Crippen LogP contribution in [0.25, 0.3) is 6.08 Å². The van der Waals surface area contributed by atoms with E-state index in [1.54, 1.807) is 18.2 Å². The Balaban J connectivity index is 1.52. The van der Waals surface area contributed by atoms with Crippen molar-refractivity contribution in [2.75, 3.05) is 37.0 Å². The number of thioether (sulfide) groups is 1. The van der Waals surface area contributed by atoms with Crippen LogP contribution in [0.2, 0.25) is 5.02 Å². The number of anilines is 2. The fourth-order valence-electron chi connectivity index (χ4n) is 4.15. The summed E-state index contributed by atoms with van der Waals surface area (Å²) in [4.78, 5) is 41.8. The van der Waals surface area contributed by atoms with Gasteiger partial charge in [0.2, 0.25) is 5.91 Å². The van der Waals surface area contributed by atoms with Crippen LogP contribution in [0.5, 0.6) is 11.5 Å². The van der Waals surface area contributed by atoms with E-state index in [0.29, 0.717) is 34.4 Å². The molecule has 0 radical (unpaired) electrons. The van der Waals surface area contributed by atoms with Crippen molar-refractivity contribution in [2.45, 2.75) is 20.5 Å². The fourth-order valence-corrected chi connectivity index (χ4v) is 5.24. The third kappa shape index (κ3) is 6.97. The second-order valence-electron chi connectivity index (χ2n) is 8.83. The molecule has 3 aromatic carbocycles. The van der Waals surface area contributed by atoms with Gasteiger partial charge >= 0.3 is 0 Å². The molecule has 1 aliphatic heterocycles. The van der Waals surface area contributed by atoms with Crippen LogP contribution < -0.4 is 19.7 Å². The summed E-state index contributed by atoms with van der Waals surface area (Å²) < 4.78 is 11.3. The lowest BCUT2D eigenvalue weighted by molar-refractivity contribution is -0.127. The van der Waals surface area contributed by atoms with Crippen molar-refractivity contribution in [1.29, 1.82) is 0 Å². The summed E-state index contributed by atoms with van der Waals surface area (Å²) in [5.74, 6) is -0.0119. The predicted octanol–water partition coefficient (Wildman–Crippen LogP) is 6.45. The van der Waals surface area contributed by atoms with Crippen LogP contribution >= 0.6 is 23.4 Å². The van der Waals surface area contributed by atoms with Gasteiger partial charge < -0.3 is 19.7 Å². The molecule has 4 rings (SSSR count). The molecule has 0 aliphatic carbocycles. The van der Waals surface area contributed by atoms with Gasteiger partial charge in [-0.2, -0.15) is 0 Å². The Labute approximate surface area is 242 Å². The third-order valence-electron chi connectivity index (χ3n) is 6.26. The lowest BCUT2D eigenvalue weighted by atomic mass is 10.1. The van der Waals surface area contributed by atoms with Gasteiger partial charge in [0.15, 0.2) is 0 Å². The molecule has 0 atom stereocenters. The molecule has 0 saturated carbocycles. The minimum absolute atomic E-state index is 0.213. The average molecular weight is 580 g/mol. The molecular weight excluding hydrogens is 550 g/mol. The Bertz CT molecular complexity index is 1430. The smallest absolute Gasteiger partial charge is 0.294 e. The summed E-state index contributed by atoms with van der Waals surface area (Å²) in [7, 11) is 1.49. The number of hydrogen-bond donors (Lipinski definition) is 1. The molecule has 0 bridgehead atoms. The molecule has 1 saturated heterocycles. The van der Waals surface area contributed by atoms with E-state index in [9.17, 15) is 14.4 Å². The molecule has 40 heavy (non-hydrogen) atoms. The molecular formula is C30H30ClN3O5S. The number of methoxy groups -OCH3 is 1. The van der Waals surface area contributed by atoms with E-state index in [1.807, 2.05) is 48.5 Å².